The van der Waals surface area contributed by atoms with Gasteiger partial charge in [0.2, 0.25) is 5.91 Å². The van der Waals surface area contributed by atoms with Gasteiger partial charge in [-0.05, 0) is 58.9 Å². The molecule has 0 unspecified atom stereocenters. The number of carboxylic acids is 1. The van der Waals surface area contributed by atoms with E-state index in [9.17, 15) is 14.7 Å². The number of carboxylic acid groups (broad SMARTS) is 1. The predicted octanol–water partition coefficient (Wildman–Crippen LogP) is 8.23. The summed E-state index contributed by atoms with van der Waals surface area (Å²) in [5, 5.41) is 21.3. The van der Waals surface area contributed by atoms with E-state index in [-0.39, 0.29) is 31.1 Å². The standard InChI is InChI=1S/C40H45NO7S/c1-46-35-11-6-7-12-37(35)49-27-34-24-36(31-17-15-28(26-42)16-18-31)48-40(47-34)32-21-19-30(20-22-32)33-10-8-9-29(23-33)25-41-38(43)13-4-2-3-5-14-39(44)45/h6-12,15-23,34,36,40,42H,2-5,13-14,24-27H2,1H3,(H,41,43)(H,44,45)/t34-,36+,40+/m1/s1. The molecule has 4 aromatic carbocycles. The van der Waals surface area contributed by atoms with Gasteiger partial charge in [-0.1, -0.05) is 91.7 Å². The number of benzene rings is 4. The molecule has 0 aromatic heterocycles. The molecule has 5 rings (SSSR count). The maximum atomic E-state index is 12.4. The molecular weight excluding hydrogens is 639 g/mol. The van der Waals surface area contributed by atoms with E-state index in [1.807, 2.05) is 66.7 Å². The fourth-order valence-electron chi connectivity index (χ4n) is 5.84. The minimum absolute atomic E-state index is 0.00156. The van der Waals surface area contributed by atoms with Crippen LogP contribution in [0.3, 0.4) is 0 Å². The predicted molar refractivity (Wildman–Crippen MR) is 191 cm³/mol. The number of unbranched alkanes of at least 4 members (excludes halogenated alkanes) is 3. The van der Waals surface area contributed by atoms with Crippen LogP contribution in [0.15, 0.2) is 102 Å². The van der Waals surface area contributed by atoms with Gasteiger partial charge in [0.15, 0.2) is 6.29 Å². The van der Waals surface area contributed by atoms with Crippen LogP contribution in [0.1, 0.15) is 79.6 Å². The highest BCUT2D eigenvalue weighted by atomic mass is 32.2. The topological polar surface area (TPSA) is 114 Å². The van der Waals surface area contributed by atoms with Crippen LogP contribution >= 0.6 is 11.8 Å². The molecule has 0 radical (unpaired) electrons. The molecule has 3 N–H and O–H groups in total. The number of carbonyl (C=O) groups excluding carboxylic acids is 1. The van der Waals surface area contributed by atoms with Gasteiger partial charge in [-0.25, -0.2) is 0 Å². The molecule has 9 heteroatoms. The largest absolute Gasteiger partial charge is 0.496 e. The molecule has 258 valence electrons. The highest BCUT2D eigenvalue weighted by Gasteiger charge is 2.32. The zero-order chi connectivity index (χ0) is 34.4. The summed E-state index contributed by atoms with van der Waals surface area (Å²) in [6.07, 6.45) is 3.61. The lowest BCUT2D eigenvalue weighted by Gasteiger charge is -2.36. The Morgan fingerprint density at radius 3 is 2.29 bits per heavy atom. The summed E-state index contributed by atoms with van der Waals surface area (Å²) in [6, 6.07) is 32.3. The van der Waals surface area contributed by atoms with Gasteiger partial charge in [0.1, 0.15) is 5.75 Å². The second-order valence-corrected chi connectivity index (χ2v) is 13.3. The van der Waals surface area contributed by atoms with Crippen LogP contribution in [0.5, 0.6) is 5.75 Å². The quantitative estimate of drug-likeness (QED) is 0.0754. The van der Waals surface area contributed by atoms with E-state index in [0.29, 0.717) is 25.8 Å². The Morgan fingerprint density at radius 1 is 0.816 bits per heavy atom. The molecule has 8 nitrogen and oxygen atoms in total. The van der Waals surface area contributed by atoms with Gasteiger partial charge in [0.25, 0.3) is 0 Å². The molecule has 3 atom stereocenters. The number of aliphatic hydroxyl groups is 1. The molecule has 1 fully saturated rings. The number of methoxy groups -OCH3 is 1. The SMILES string of the molecule is COc1ccccc1SC[C@H]1C[C@@H](c2ccc(CO)cc2)O[C@@H](c2ccc(-c3cccc(CNC(=O)CCCCCCC(=O)O)c3)cc2)O1. The molecule has 4 aromatic rings. The van der Waals surface area contributed by atoms with Gasteiger partial charge in [0, 0.05) is 42.0 Å². The van der Waals surface area contributed by atoms with Crippen molar-refractivity contribution in [2.45, 2.75) is 81.5 Å². The third kappa shape index (κ3) is 10.9. The number of para-hydroxylation sites is 1. The van der Waals surface area contributed by atoms with E-state index < -0.39 is 12.3 Å². The lowest BCUT2D eigenvalue weighted by molar-refractivity contribution is -0.245. The summed E-state index contributed by atoms with van der Waals surface area (Å²) in [5.74, 6) is 0.807. The van der Waals surface area contributed by atoms with Crippen molar-refractivity contribution >= 4 is 23.6 Å². The van der Waals surface area contributed by atoms with E-state index in [4.69, 9.17) is 19.3 Å². The molecule has 1 aliphatic heterocycles. The highest BCUT2D eigenvalue weighted by molar-refractivity contribution is 7.99. The average Bonchev–Trinajstić information content (AvgIpc) is 3.14. The van der Waals surface area contributed by atoms with Crippen molar-refractivity contribution in [1.82, 2.24) is 5.32 Å². The van der Waals surface area contributed by atoms with Crippen LogP contribution in [0.25, 0.3) is 11.1 Å². The number of aliphatic carboxylic acids is 1. The summed E-state index contributed by atoms with van der Waals surface area (Å²) >= 11 is 1.71. The van der Waals surface area contributed by atoms with Gasteiger partial charge in [-0.2, -0.15) is 0 Å². The number of hydrogen-bond donors (Lipinski definition) is 3. The van der Waals surface area contributed by atoms with Gasteiger partial charge in [0.05, 0.1) is 25.9 Å². The molecular formula is C40H45NO7S. The third-order valence-corrected chi connectivity index (χ3v) is 9.77. The van der Waals surface area contributed by atoms with Crippen molar-refractivity contribution < 1.29 is 34.0 Å². The van der Waals surface area contributed by atoms with E-state index >= 15 is 0 Å². The number of thioether (sulfide) groups is 1. The van der Waals surface area contributed by atoms with Gasteiger partial charge < -0.3 is 29.7 Å². The Kier molecular flexibility index (Phi) is 13.7. The number of nitrogens with one attached hydrogen (secondary N) is 1. The first kappa shape index (κ1) is 36.1. The zero-order valence-corrected chi connectivity index (χ0v) is 28.7. The summed E-state index contributed by atoms with van der Waals surface area (Å²) in [5.41, 5.74) is 5.96. The Labute approximate surface area is 292 Å². The van der Waals surface area contributed by atoms with Crippen LogP contribution in [0.4, 0.5) is 0 Å². The molecule has 1 heterocycles. The van der Waals surface area contributed by atoms with Crippen LogP contribution in [0, 0.1) is 0 Å². The summed E-state index contributed by atoms with van der Waals surface area (Å²) in [6.45, 7) is 0.445. The monoisotopic (exact) mass is 683 g/mol. The fourth-order valence-corrected chi connectivity index (χ4v) is 6.89. The summed E-state index contributed by atoms with van der Waals surface area (Å²) in [7, 11) is 1.68. The summed E-state index contributed by atoms with van der Waals surface area (Å²) in [4.78, 5) is 24.1. The number of carbonyl (C=O) groups is 2. The molecule has 0 saturated carbocycles. The molecule has 1 saturated heterocycles. The Morgan fingerprint density at radius 2 is 1.55 bits per heavy atom. The van der Waals surface area contributed by atoms with Crippen molar-refractivity contribution in [3.05, 3.63) is 119 Å². The first-order chi connectivity index (χ1) is 23.9. The first-order valence-electron chi connectivity index (χ1n) is 16.9. The second kappa shape index (κ2) is 18.6. The maximum absolute atomic E-state index is 12.4. The maximum Gasteiger partial charge on any atom is 0.303 e. The van der Waals surface area contributed by atoms with Crippen molar-refractivity contribution in [2.75, 3.05) is 12.9 Å². The van der Waals surface area contributed by atoms with Crippen molar-refractivity contribution in [3.63, 3.8) is 0 Å². The number of ether oxygens (including phenoxy) is 3. The fraction of sp³-hybridized carbons (Fsp3) is 0.350. The number of hydrogen-bond acceptors (Lipinski definition) is 7. The minimum atomic E-state index is -0.774. The van der Waals surface area contributed by atoms with Crippen molar-refractivity contribution in [2.24, 2.45) is 0 Å². The van der Waals surface area contributed by atoms with Crippen LogP contribution < -0.4 is 10.1 Å². The van der Waals surface area contributed by atoms with E-state index in [2.05, 4.69) is 35.6 Å². The van der Waals surface area contributed by atoms with Crippen molar-refractivity contribution in [3.8, 4) is 16.9 Å². The summed E-state index contributed by atoms with van der Waals surface area (Å²) < 4.78 is 18.7. The van der Waals surface area contributed by atoms with Gasteiger partial charge in [-0.15, -0.1) is 11.8 Å². The second-order valence-electron chi connectivity index (χ2n) is 12.2. The average molecular weight is 684 g/mol. The van der Waals surface area contributed by atoms with Crippen LogP contribution in [-0.2, 0) is 32.2 Å². The molecule has 1 aliphatic rings. The zero-order valence-electron chi connectivity index (χ0n) is 27.9. The third-order valence-electron chi connectivity index (χ3n) is 8.59. The number of amides is 1. The van der Waals surface area contributed by atoms with Crippen LogP contribution in [0.2, 0.25) is 0 Å². The molecule has 0 aliphatic carbocycles. The molecule has 49 heavy (non-hydrogen) atoms. The minimum Gasteiger partial charge on any atom is -0.496 e. The lowest BCUT2D eigenvalue weighted by atomic mass is 9.99. The van der Waals surface area contributed by atoms with Crippen LogP contribution in [-0.4, -0.2) is 41.1 Å². The number of aliphatic hydroxyl groups excluding tert-OH is 1. The molecule has 0 bridgehead atoms. The normalized spacial score (nSPS) is 17.4. The van der Waals surface area contributed by atoms with E-state index in [0.717, 1.165) is 69.0 Å². The Bertz CT molecular complexity index is 1640. The number of rotatable bonds is 17. The Hall–Kier alpha value is -4.15. The van der Waals surface area contributed by atoms with Gasteiger partial charge in [-0.3, -0.25) is 9.59 Å². The van der Waals surface area contributed by atoms with E-state index in [1.54, 1.807) is 18.9 Å². The molecule has 0 spiro atoms. The first-order valence-corrected chi connectivity index (χ1v) is 17.8. The lowest BCUT2D eigenvalue weighted by Crippen LogP contribution is -2.31. The van der Waals surface area contributed by atoms with Gasteiger partial charge >= 0.3 is 5.97 Å². The Balaban J connectivity index is 1.21. The molecule has 1 amide bonds. The highest BCUT2D eigenvalue weighted by Crippen LogP contribution is 2.40. The smallest absolute Gasteiger partial charge is 0.303 e. The van der Waals surface area contributed by atoms with Crippen molar-refractivity contribution in [1.29, 1.82) is 0 Å². The van der Waals surface area contributed by atoms with E-state index in [1.165, 1.54) is 0 Å².